The Morgan fingerprint density at radius 2 is 2.12 bits per heavy atom. The molecule has 7 heteroatoms. The first-order chi connectivity index (χ1) is 12.7. The second-order valence-corrected chi connectivity index (χ2v) is 7.55. The molecule has 1 fully saturated rings. The third-order valence-corrected chi connectivity index (χ3v) is 5.50. The molecule has 0 aromatic carbocycles. The Kier molecular flexibility index (Phi) is 7.08. The summed E-state index contributed by atoms with van der Waals surface area (Å²) in [4.78, 5) is 19.4. The van der Waals surface area contributed by atoms with E-state index in [1.807, 2.05) is 19.1 Å². The van der Waals surface area contributed by atoms with Gasteiger partial charge in [-0.2, -0.15) is 0 Å². The molecule has 0 bridgehead atoms. The number of rotatable bonds is 7. The Labute approximate surface area is 158 Å². The number of pyridine rings is 1. The molecule has 1 saturated heterocycles. The zero-order chi connectivity index (χ0) is 18.2. The average Bonchev–Trinajstić information content (AvgIpc) is 2.90. The van der Waals surface area contributed by atoms with E-state index in [2.05, 4.69) is 20.4 Å². The third-order valence-electron chi connectivity index (χ3n) is 4.46. The Morgan fingerprint density at radius 3 is 2.85 bits per heavy atom. The summed E-state index contributed by atoms with van der Waals surface area (Å²) in [5, 5.41) is 7.75. The van der Waals surface area contributed by atoms with E-state index in [0.29, 0.717) is 17.9 Å². The van der Waals surface area contributed by atoms with Crippen molar-refractivity contribution in [1.82, 2.24) is 20.4 Å². The van der Waals surface area contributed by atoms with Crippen LogP contribution in [0.2, 0.25) is 0 Å². The van der Waals surface area contributed by atoms with Crippen molar-refractivity contribution in [2.45, 2.75) is 43.4 Å². The lowest BCUT2D eigenvalue weighted by Crippen LogP contribution is -2.35. The molecule has 1 amide bonds. The molecule has 2 aromatic rings. The molecule has 0 saturated carbocycles. The van der Waals surface area contributed by atoms with Gasteiger partial charge in [0.25, 0.3) is 5.91 Å². The second-order valence-electron chi connectivity index (χ2n) is 6.59. The Hall–Kier alpha value is -1.86. The van der Waals surface area contributed by atoms with E-state index in [9.17, 15) is 4.79 Å². The first-order valence-corrected chi connectivity index (χ1v) is 10.2. The fourth-order valence-corrected chi connectivity index (χ4v) is 3.96. The molecule has 1 N–H and O–H groups in total. The molecule has 3 heterocycles. The molecule has 0 radical (unpaired) electrons. The second kappa shape index (κ2) is 9.73. The molecule has 0 aliphatic carbocycles. The van der Waals surface area contributed by atoms with E-state index >= 15 is 0 Å². The number of amides is 1. The largest absolute Gasteiger partial charge is 0.361 e. The number of carbonyl (C=O) groups is 1. The van der Waals surface area contributed by atoms with Crippen molar-refractivity contribution >= 4 is 17.7 Å². The Balaban J connectivity index is 1.51. The summed E-state index contributed by atoms with van der Waals surface area (Å²) in [5.41, 5.74) is 1.47. The number of thioether (sulfide) groups is 1. The van der Waals surface area contributed by atoms with Crippen molar-refractivity contribution in [1.29, 1.82) is 0 Å². The van der Waals surface area contributed by atoms with Gasteiger partial charge in [-0.25, -0.2) is 4.98 Å². The highest BCUT2D eigenvalue weighted by Crippen LogP contribution is 2.24. The molecule has 0 spiro atoms. The van der Waals surface area contributed by atoms with Crippen molar-refractivity contribution < 1.29 is 9.32 Å². The first kappa shape index (κ1) is 18.9. The van der Waals surface area contributed by atoms with Crippen LogP contribution in [0, 0.1) is 6.92 Å². The third kappa shape index (κ3) is 5.57. The van der Waals surface area contributed by atoms with Crippen LogP contribution < -0.4 is 5.32 Å². The summed E-state index contributed by atoms with van der Waals surface area (Å²) < 4.78 is 5.08. The summed E-state index contributed by atoms with van der Waals surface area (Å²) in [5.74, 6) is 1.35. The van der Waals surface area contributed by atoms with Crippen molar-refractivity contribution in [2.24, 2.45) is 0 Å². The van der Waals surface area contributed by atoms with Crippen LogP contribution in [-0.2, 0) is 5.75 Å². The summed E-state index contributed by atoms with van der Waals surface area (Å²) in [6.45, 7) is 5.72. The maximum Gasteiger partial charge on any atom is 0.254 e. The first-order valence-electron chi connectivity index (χ1n) is 9.23. The maximum absolute atomic E-state index is 12.6. The van der Waals surface area contributed by atoms with Crippen LogP contribution in [-0.4, -0.2) is 47.1 Å². The molecule has 6 nitrogen and oxygen atoms in total. The number of hydrogen-bond donors (Lipinski definition) is 1. The summed E-state index contributed by atoms with van der Waals surface area (Å²) in [6, 6.07) is 5.52. The molecule has 2 aromatic heterocycles. The smallest absolute Gasteiger partial charge is 0.254 e. The van der Waals surface area contributed by atoms with E-state index < -0.39 is 0 Å². The lowest BCUT2D eigenvalue weighted by Gasteiger charge is -2.19. The van der Waals surface area contributed by atoms with Crippen LogP contribution >= 0.6 is 11.8 Å². The van der Waals surface area contributed by atoms with Crippen LogP contribution in [0.1, 0.15) is 47.5 Å². The number of hydrogen-bond acceptors (Lipinski definition) is 6. The highest BCUT2D eigenvalue weighted by atomic mass is 32.2. The van der Waals surface area contributed by atoms with Crippen molar-refractivity contribution in [3.05, 3.63) is 41.4 Å². The molecule has 0 unspecified atom stereocenters. The van der Waals surface area contributed by atoms with Gasteiger partial charge in [-0.05, 0) is 45.0 Å². The predicted molar refractivity (Wildman–Crippen MR) is 102 cm³/mol. The highest BCUT2D eigenvalue weighted by Gasteiger charge is 2.14. The van der Waals surface area contributed by atoms with Crippen LogP contribution in [0.4, 0.5) is 0 Å². The van der Waals surface area contributed by atoms with E-state index in [0.717, 1.165) is 36.1 Å². The van der Waals surface area contributed by atoms with Gasteiger partial charge in [0, 0.05) is 31.1 Å². The maximum atomic E-state index is 12.6. The Morgan fingerprint density at radius 1 is 1.31 bits per heavy atom. The van der Waals surface area contributed by atoms with Gasteiger partial charge < -0.3 is 14.7 Å². The van der Waals surface area contributed by atoms with E-state index in [1.54, 1.807) is 12.3 Å². The Bertz CT molecular complexity index is 711. The van der Waals surface area contributed by atoms with Gasteiger partial charge in [0.2, 0.25) is 0 Å². The van der Waals surface area contributed by atoms with Gasteiger partial charge in [-0.3, -0.25) is 4.79 Å². The SMILES string of the molecule is Cc1cc(CSc2ncccc2C(=O)NCCN2CCCCCC2)no1. The topological polar surface area (TPSA) is 71.3 Å². The molecule has 3 rings (SSSR count). The standard InChI is InChI=1S/C19H26N4O2S/c1-15-13-16(22-25-15)14-26-19-17(7-6-8-21-19)18(24)20-9-12-23-10-4-2-3-5-11-23/h6-8,13H,2-5,9-12,14H2,1H3,(H,20,24). The molecular formula is C19H26N4O2S. The zero-order valence-electron chi connectivity index (χ0n) is 15.2. The van der Waals surface area contributed by atoms with Crippen LogP contribution in [0.5, 0.6) is 0 Å². The van der Waals surface area contributed by atoms with Gasteiger partial charge in [0.05, 0.1) is 11.3 Å². The fourth-order valence-electron chi connectivity index (χ4n) is 3.09. The predicted octanol–water partition coefficient (Wildman–Crippen LogP) is 3.28. The number of nitrogens with one attached hydrogen (secondary N) is 1. The molecule has 1 aliphatic rings. The minimum atomic E-state index is -0.0632. The monoisotopic (exact) mass is 374 g/mol. The zero-order valence-corrected chi connectivity index (χ0v) is 16.1. The molecule has 1 aliphatic heterocycles. The van der Waals surface area contributed by atoms with Crippen molar-refractivity contribution in [2.75, 3.05) is 26.2 Å². The van der Waals surface area contributed by atoms with Gasteiger partial charge >= 0.3 is 0 Å². The highest BCUT2D eigenvalue weighted by molar-refractivity contribution is 7.98. The average molecular weight is 375 g/mol. The quantitative estimate of drug-likeness (QED) is 0.750. The fraction of sp³-hybridized carbons (Fsp3) is 0.526. The summed E-state index contributed by atoms with van der Waals surface area (Å²) in [6.07, 6.45) is 6.89. The lowest BCUT2D eigenvalue weighted by atomic mass is 10.2. The number of likely N-dealkylation sites (tertiary alicyclic amines) is 1. The van der Waals surface area contributed by atoms with Crippen LogP contribution in [0.3, 0.4) is 0 Å². The minimum Gasteiger partial charge on any atom is -0.361 e. The minimum absolute atomic E-state index is 0.0632. The van der Waals surface area contributed by atoms with E-state index in [-0.39, 0.29) is 5.91 Å². The van der Waals surface area contributed by atoms with Crippen LogP contribution in [0.15, 0.2) is 33.9 Å². The number of aryl methyl sites for hydroxylation is 1. The van der Waals surface area contributed by atoms with Crippen molar-refractivity contribution in [3.63, 3.8) is 0 Å². The number of aromatic nitrogens is 2. The van der Waals surface area contributed by atoms with Gasteiger partial charge in [-0.1, -0.05) is 29.8 Å². The molecular weight excluding hydrogens is 348 g/mol. The van der Waals surface area contributed by atoms with Crippen molar-refractivity contribution in [3.8, 4) is 0 Å². The summed E-state index contributed by atoms with van der Waals surface area (Å²) >= 11 is 1.50. The van der Waals surface area contributed by atoms with E-state index in [1.165, 1.54) is 37.4 Å². The summed E-state index contributed by atoms with van der Waals surface area (Å²) in [7, 11) is 0. The molecule has 140 valence electrons. The van der Waals surface area contributed by atoms with Gasteiger partial charge in [0.15, 0.2) is 0 Å². The van der Waals surface area contributed by atoms with Crippen LogP contribution in [0.25, 0.3) is 0 Å². The lowest BCUT2D eigenvalue weighted by molar-refractivity contribution is 0.0945. The number of carbonyl (C=O) groups excluding carboxylic acids is 1. The molecule has 0 atom stereocenters. The molecule has 26 heavy (non-hydrogen) atoms. The van der Waals surface area contributed by atoms with Gasteiger partial charge in [-0.15, -0.1) is 0 Å². The van der Waals surface area contributed by atoms with E-state index in [4.69, 9.17) is 4.52 Å². The number of nitrogens with zero attached hydrogens (tertiary/aromatic N) is 3. The normalized spacial score (nSPS) is 15.6. The van der Waals surface area contributed by atoms with Gasteiger partial charge in [0.1, 0.15) is 10.8 Å².